The Kier molecular flexibility index (Phi) is 7.59. The van der Waals surface area contributed by atoms with Crippen molar-refractivity contribution in [2.24, 2.45) is 0 Å². The molecule has 0 unspecified atom stereocenters. The van der Waals surface area contributed by atoms with Gasteiger partial charge in [0.25, 0.3) is 5.91 Å². The van der Waals surface area contributed by atoms with Gasteiger partial charge in [0.05, 0.1) is 10.6 Å². The fourth-order valence-electron chi connectivity index (χ4n) is 2.83. The first kappa shape index (κ1) is 21.2. The molecular weight excluding hydrogens is 384 g/mol. The highest BCUT2D eigenvalue weighted by Crippen LogP contribution is 2.18. The zero-order valence-corrected chi connectivity index (χ0v) is 16.5. The lowest BCUT2D eigenvalue weighted by atomic mass is 10.1. The summed E-state index contributed by atoms with van der Waals surface area (Å²) in [6.07, 6.45) is 2.98. The predicted octanol–water partition coefficient (Wildman–Crippen LogP) is 2.73. The van der Waals surface area contributed by atoms with Crippen molar-refractivity contribution in [3.8, 4) is 0 Å². The quantitative estimate of drug-likeness (QED) is 0.723. The summed E-state index contributed by atoms with van der Waals surface area (Å²) < 4.78 is 25.3. The molecule has 5 nitrogen and oxygen atoms in total. The summed E-state index contributed by atoms with van der Waals surface area (Å²) in [4.78, 5) is 12.5. The summed E-state index contributed by atoms with van der Waals surface area (Å²) >= 11 is 0. The van der Waals surface area contributed by atoms with E-state index in [0.717, 1.165) is 25.1 Å². The fraction of sp³-hybridized carbons (Fsp3) is 0.250. The maximum Gasteiger partial charge on any atom is 0.251 e. The van der Waals surface area contributed by atoms with Crippen LogP contribution in [-0.2, 0) is 15.6 Å². The average molecular weight is 407 g/mol. The van der Waals surface area contributed by atoms with E-state index in [2.05, 4.69) is 16.7 Å². The second kappa shape index (κ2) is 9.69. The molecule has 0 radical (unpaired) electrons. The molecule has 27 heavy (non-hydrogen) atoms. The Balaban J connectivity index is 0.00000261. The molecule has 0 fully saturated rings. The molecule has 7 heteroatoms. The van der Waals surface area contributed by atoms with Crippen molar-refractivity contribution in [2.45, 2.75) is 17.1 Å². The second-order valence-electron chi connectivity index (χ2n) is 6.27. The van der Waals surface area contributed by atoms with E-state index in [1.807, 2.05) is 18.2 Å². The zero-order valence-electron chi connectivity index (χ0n) is 14.9. The van der Waals surface area contributed by atoms with Crippen molar-refractivity contribution in [1.29, 1.82) is 0 Å². The van der Waals surface area contributed by atoms with Gasteiger partial charge in [-0.25, -0.2) is 8.42 Å². The van der Waals surface area contributed by atoms with E-state index >= 15 is 0 Å². The molecule has 1 aliphatic heterocycles. The number of carbonyl (C=O) groups excluding carboxylic acids is 1. The summed E-state index contributed by atoms with van der Waals surface area (Å²) in [5, 5.41) is 6.09. The Morgan fingerprint density at radius 1 is 1.07 bits per heavy atom. The van der Waals surface area contributed by atoms with Gasteiger partial charge < -0.3 is 10.6 Å². The maximum absolute atomic E-state index is 12.6. The van der Waals surface area contributed by atoms with Crippen molar-refractivity contribution in [3.63, 3.8) is 0 Å². The van der Waals surface area contributed by atoms with E-state index in [-0.39, 0.29) is 29.0 Å². The Labute approximate surface area is 166 Å². The molecule has 1 aliphatic rings. The first-order valence-electron chi connectivity index (χ1n) is 8.58. The highest BCUT2D eigenvalue weighted by molar-refractivity contribution is 7.90. The van der Waals surface area contributed by atoms with E-state index in [1.54, 1.807) is 24.3 Å². The van der Waals surface area contributed by atoms with Crippen LogP contribution in [0.2, 0.25) is 0 Å². The van der Waals surface area contributed by atoms with Gasteiger partial charge in [0.1, 0.15) is 0 Å². The van der Waals surface area contributed by atoms with Crippen LogP contribution in [0.3, 0.4) is 0 Å². The minimum absolute atomic E-state index is 0. The summed E-state index contributed by atoms with van der Waals surface area (Å²) in [5.74, 6) is -0.347. The lowest BCUT2D eigenvalue weighted by Gasteiger charge is -2.14. The van der Waals surface area contributed by atoms with Crippen LogP contribution in [0.15, 0.2) is 71.1 Å². The molecule has 2 aromatic carbocycles. The summed E-state index contributed by atoms with van der Waals surface area (Å²) in [6.45, 7) is 2.22. The van der Waals surface area contributed by atoms with Crippen molar-refractivity contribution in [3.05, 3.63) is 77.4 Å². The molecule has 0 aliphatic carbocycles. The minimum atomic E-state index is -3.50. The summed E-state index contributed by atoms with van der Waals surface area (Å²) in [7, 11) is -3.50. The molecule has 2 N–H and O–H groups in total. The number of halogens is 1. The number of hydrogen-bond acceptors (Lipinski definition) is 4. The van der Waals surface area contributed by atoms with Crippen molar-refractivity contribution < 1.29 is 13.2 Å². The molecule has 0 saturated carbocycles. The smallest absolute Gasteiger partial charge is 0.251 e. The molecule has 0 saturated heterocycles. The normalized spacial score (nSPS) is 14.0. The number of nitrogens with one attached hydrogen (secondary N) is 2. The lowest BCUT2D eigenvalue weighted by Crippen LogP contribution is -2.29. The largest absolute Gasteiger partial charge is 0.348 e. The van der Waals surface area contributed by atoms with Gasteiger partial charge >= 0.3 is 0 Å². The minimum Gasteiger partial charge on any atom is -0.348 e. The van der Waals surface area contributed by atoms with Crippen molar-refractivity contribution >= 4 is 28.2 Å². The third kappa shape index (κ3) is 5.92. The molecule has 0 aromatic heterocycles. The van der Waals surface area contributed by atoms with E-state index in [1.165, 1.54) is 17.7 Å². The highest BCUT2D eigenvalue weighted by Gasteiger charge is 2.17. The monoisotopic (exact) mass is 406 g/mol. The van der Waals surface area contributed by atoms with Gasteiger partial charge in [-0.05, 0) is 36.7 Å². The van der Waals surface area contributed by atoms with Crippen LogP contribution in [0.4, 0.5) is 0 Å². The number of benzene rings is 2. The number of amides is 1. The van der Waals surface area contributed by atoms with Gasteiger partial charge in [0.2, 0.25) is 0 Å². The Hall–Kier alpha value is -2.15. The molecule has 2 aromatic rings. The first-order valence-corrected chi connectivity index (χ1v) is 10.2. The maximum atomic E-state index is 12.6. The van der Waals surface area contributed by atoms with E-state index in [0.29, 0.717) is 12.1 Å². The van der Waals surface area contributed by atoms with Gasteiger partial charge in [0.15, 0.2) is 9.84 Å². The van der Waals surface area contributed by atoms with E-state index < -0.39 is 9.84 Å². The number of hydrogen-bond donors (Lipinski definition) is 2. The Bertz CT molecular complexity index is 912. The van der Waals surface area contributed by atoms with Gasteiger partial charge in [-0.15, -0.1) is 12.4 Å². The SMILES string of the molecule is Cl.O=C(NCC1=CCNCC1)c1cccc(S(=O)(=O)Cc2ccccc2)c1. The molecular formula is C20H23ClN2O3S. The number of rotatable bonds is 6. The molecule has 3 rings (SSSR count). The average Bonchev–Trinajstić information content (AvgIpc) is 2.67. The molecule has 0 spiro atoms. The van der Waals surface area contributed by atoms with Crippen LogP contribution in [-0.4, -0.2) is 34.0 Å². The second-order valence-corrected chi connectivity index (χ2v) is 8.26. The van der Waals surface area contributed by atoms with Crippen LogP contribution in [0.1, 0.15) is 22.3 Å². The van der Waals surface area contributed by atoms with Crippen LogP contribution in [0.5, 0.6) is 0 Å². The lowest BCUT2D eigenvalue weighted by molar-refractivity contribution is 0.0956. The fourth-order valence-corrected chi connectivity index (χ4v) is 4.22. The number of carbonyl (C=O) groups is 1. The third-order valence-electron chi connectivity index (χ3n) is 4.29. The topological polar surface area (TPSA) is 75.3 Å². The molecule has 0 bridgehead atoms. The van der Waals surface area contributed by atoms with Gasteiger partial charge in [-0.2, -0.15) is 0 Å². The zero-order chi connectivity index (χ0) is 18.4. The van der Waals surface area contributed by atoms with E-state index in [4.69, 9.17) is 0 Å². The Morgan fingerprint density at radius 3 is 2.56 bits per heavy atom. The standard InChI is InChI=1S/C20H22N2O3S.ClH/c23-20(22-14-16-9-11-21-12-10-16)18-7-4-8-19(13-18)26(24,25)15-17-5-2-1-3-6-17;/h1-9,13,21H,10-12,14-15H2,(H,22,23);1H. The summed E-state index contributed by atoms with van der Waals surface area (Å²) in [5.41, 5.74) is 2.26. The summed E-state index contributed by atoms with van der Waals surface area (Å²) in [6, 6.07) is 15.2. The van der Waals surface area contributed by atoms with Crippen molar-refractivity contribution in [1.82, 2.24) is 10.6 Å². The third-order valence-corrected chi connectivity index (χ3v) is 5.97. The highest BCUT2D eigenvalue weighted by atomic mass is 35.5. The van der Waals surface area contributed by atoms with Crippen LogP contribution < -0.4 is 10.6 Å². The van der Waals surface area contributed by atoms with Gasteiger partial charge in [-0.3, -0.25) is 4.79 Å². The molecule has 144 valence electrons. The molecule has 0 atom stereocenters. The van der Waals surface area contributed by atoms with Crippen LogP contribution in [0, 0.1) is 0 Å². The number of sulfone groups is 1. The van der Waals surface area contributed by atoms with Crippen LogP contribution in [0.25, 0.3) is 0 Å². The predicted molar refractivity (Wildman–Crippen MR) is 109 cm³/mol. The molecule has 1 heterocycles. The van der Waals surface area contributed by atoms with Gasteiger partial charge in [0, 0.05) is 18.7 Å². The van der Waals surface area contributed by atoms with E-state index in [9.17, 15) is 13.2 Å². The Morgan fingerprint density at radius 2 is 1.85 bits per heavy atom. The van der Waals surface area contributed by atoms with Crippen LogP contribution >= 0.6 is 12.4 Å². The molecule has 1 amide bonds. The van der Waals surface area contributed by atoms with Gasteiger partial charge in [-0.1, -0.05) is 48.0 Å². The van der Waals surface area contributed by atoms with Crippen molar-refractivity contribution in [2.75, 3.05) is 19.6 Å². The first-order chi connectivity index (χ1) is 12.5.